The van der Waals surface area contributed by atoms with Crippen LogP contribution in [0.4, 0.5) is 5.69 Å². The van der Waals surface area contributed by atoms with Gasteiger partial charge in [-0.15, -0.1) is 0 Å². The monoisotopic (exact) mass is 262 g/mol. The van der Waals surface area contributed by atoms with Crippen molar-refractivity contribution in [3.8, 4) is 5.75 Å². The number of hydrogen-bond acceptors (Lipinski definition) is 4. The number of fused-ring (bicyclic) bond motifs is 1. The summed E-state index contributed by atoms with van der Waals surface area (Å²) in [5, 5.41) is 2.74. The summed E-state index contributed by atoms with van der Waals surface area (Å²) >= 11 is 0. The molecule has 6 nitrogen and oxygen atoms in total. The molecule has 100 valence electrons. The second kappa shape index (κ2) is 5.90. The number of benzene rings is 1. The number of hydroxylamine groups is 1. The van der Waals surface area contributed by atoms with Crippen LogP contribution in [0.15, 0.2) is 30.5 Å². The predicted molar refractivity (Wildman–Crippen MR) is 68.3 cm³/mol. The number of rotatable bonds is 0. The molecule has 0 spiro atoms. The molecule has 0 saturated carbocycles. The lowest BCUT2D eigenvalue weighted by molar-refractivity contribution is -0.130. The molecule has 2 aliphatic heterocycles. The van der Waals surface area contributed by atoms with Crippen LogP contribution >= 0.6 is 0 Å². The molecule has 1 aromatic carbocycles. The van der Waals surface area contributed by atoms with E-state index in [9.17, 15) is 9.59 Å². The normalized spacial score (nSPS) is 15.8. The summed E-state index contributed by atoms with van der Waals surface area (Å²) < 4.78 is 5.18. The Bertz CT molecular complexity index is 525. The van der Waals surface area contributed by atoms with Crippen molar-refractivity contribution >= 4 is 17.5 Å². The molecule has 0 fully saturated rings. The highest BCUT2D eigenvalue weighted by Gasteiger charge is 2.14. The van der Waals surface area contributed by atoms with Crippen molar-refractivity contribution in [1.29, 1.82) is 0 Å². The molecule has 2 amide bonds. The largest absolute Gasteiger partial charge is 0.482 e. The number of nitrogens with one attached hydrogen (secondary N) is 2. The van der Waals surface area contributed by atoms with Gasteiger partial charge < -0.3 is 14.9 Å². The lowest BCUT2D eigenvalue weighted by atomic mass is 10.2. The first-order valence-electron chi connectivity index (χ1n) is 5.78. The zero-order chi connectivity index (χ0) is 13.7. The number of amides is 2. The Balaban J connectivity index is 0.000000163. The summed E-state index contributed by atoms with van der Waals surface area (Å²) in [4.78, 5) is 25.5. The van der Waals surface area contributed by atoms with Crippen molar-refractivity contribution in [2.45, 2.75) is 13.3 Å². The van der Waals surface area contributed by atoms with Gasteiger partial charge in [-0.05, 0) is 30.7 Å². The third kappa shape index (κ3) is 3.74. The molecule has 0 bridgehead atoms. The van der Waals surface area contributed by atoms with Gasteiger partial charge in [-0.25, -0.2) is 0 Å². The maximum absolute atomic E-state index is 10.9. The molecule has 0 radical (unpaired) electrons. The smallest absolute Gasteiger partial charge is 0.262 e. The number of carbonyl (C=O) groups excluding carboxylic acids is 2. The fourth-order valence-corrected chi connectivity index (χ4v) is 1.54. The molecule has 0 aliphatic carbocycles. The standard InChI is InChI=1S/C9H9NO2.C4H5NO2/c1-6-2-3-8-7(4-6)10-9(11)5-12-8;6-4-2-1-3-7-5-4/h2-4H,5H2,1H3,(H,10,11);1,3H,2H2,(H,5,6). The number of hydrogen-bond donors (Lipinski definition) is 2. The van der Waals surface area contributed by atoms with Crippen LogP contribution in [0.25, 0.3) is 0 Å². The van der Waals surface area contributed by atoms with E-state index >= 15 is 0 Å². The lowest BCUT2D eigenvalue weighted by Gasteiger charge is -2.17. The van der Waals surface area contributed by atoms with Crippen molar-refractivity contribution in [3.05, 3.63) is 36.1 Å². The first-order valence-corrected chi connectivity index (χ1v) is 5.78. The number of carbonyl (C=O) groups is 2. The van der Waals surface area contributed by atoms with E-state index in [2.05, 4.69) is 15.6 Å². The molecular weight excluding hydrogens is 248 g/mol. The predicted octanol–water partition coefficient (Wildman–Crippen LogP) is 1.28. The quantitative estimate of drug-likeness (QED) is 0.738. The third-order valence-corrected chi connectivity index (χ3v) is 2.41. The highest BCUT2D eigenvalue weighted by molar-refractivity contribution is 5.95. The van der Waals surface area contributed by atoms with Crippen LogP contribution in [-0.2, 0) is 14.4 Å². The molecule has 0 atom stereocenters. The van der Waals surface area contributed by atoms with Gasteiger partial charge in [0.15, 0.2) is 6.61 Å². The Morgan fingerprint density at radius 1 is 1.21 bits per heavy atom. The van der Waals surface area contributed by atoms with Crippen molar-refractivity contribution in [2.75, 3.05) is 11.9 Å². The van der Waals surface area contributed by atoms with Crippen LogP contribution in [-0.4, -0.2) is 18.4 Å². The van der Waals surface area contributed by atoms with Crippen molar-refractivity contribution < 1.29 is 19.2 Å². The minimum absolute atomic E-state index is 0.0897. The van der Waals surface area contributed by atoms with Gasteiger partial charge in [-0.1, -0.05) is 6.07 Å². The fourth-order valence-electron chi connectivity index (χ4n) is 1.54. The van der Waals surface area contributed by atoms with E-state index < -0.39 is 0 Å². The average Bonchev–Trinajstić information content (AvgIpc) is 2.40. The summed E-state index contributed by atoms with van der Waals surface area (Å²) in [6.45, 7) is 2.09. The van der Waals surface area contributed by atoms with Gasteiger partial charge in [0.25, 0.3) is 11.8 Å². The molecule has 0 saturated heterocycles. The van der Waals surface area contributed by atoms with Crippen LogP contribution in [0.2, 0.25) is 0 Å². The second-order valence-electron chi connectivity index (χ2n) is 4.06. The first kappa shape index (κ1) is 12.9. The first-order chi connectivity index (χ1) is 9.15. The molecule has 2 aliphatic rings. The topological polar surface area (TPSA) is 76.7 Å². The van der Waals surface area contributed by atoms with Gasteiger partial charge in [-0.2, -0.15) is 5.48 Å². The van der Waals surface area contributed by atoms with E-state index in [1.54, 1.807) is 6.08 Å². The minimum Gasteiger partial charge on any atom is -0.482 e. The van der Waals surface area contributed by atoms with Crippen molar-refractivity contribution in [3.63, 3.8) is 0 Å². The highest BCUT2D eigenvalue weighted by atomic mass is 16.6. The maximum Gasteiger partial charge on any atom is 0.262 e. The van der Waals surface area contributed by atoms with E-state index in [-0.39, 0.29) is 18.4 Å². The average molecular weight is 262 g/mol. The highest BCUT2D eigenvalue weighted by Crippen LogP contribution is 2.27. The third-order valence-electron chi connectivity index (χ3n) is 2.41. The Morgan fingerprint density at radius 3 is 2.68 bits per heavy atom. The zero-order valence-electron chi connectivity index (χ0n) is 10.4. The Labute approximate surface area is 110 Å². The molecule has 6 heteroatoms. The number of ether oxygens (including phenoxy) is 1. The fraction of sp³-hybridized carbons (Fsp3) is 0.231. The summed E-state index contributed by atoms with van der Waals surface area (Å²) in [6.07, 6.45) is 3.53. The minimum atomic E-state index is -0.0949. The molecule has 0 aromatic heterocycles. The van der Waals surface area contributed by atoms with Gasteiger partial charge in [0, 0.05) is 0 Å². The van der Waals surface area contributed by atoms with Crippen LogP contribution in [0.5, 0.6) is 5.75 Å². The molecule has 3 rings (SSSR count). The Kier molecular flexibility index (Phi) is 4.02. The Hall–Kier alpha value is -2.50. The summed E-state index contributed by atoms with van der Waals surface area (Å²) in [5.41, 5.74) is 4.04. The second-order valence-corrected chi connectivity index (χ2v) is 4.06. The molecule has 1 aromatic rings. The SMILES string of the molecule is Cc1ccc2c(c1)NC(=O)CO2.O=C1CC=CON1. The van der Waals surface area contributed by atoms with Gasteiger partial charge in [0.2, 0.25) is 0 Å². The summed E-state index contributed by atoms with van der Waals surface area (Å²) in [6, 6.07) is 5.72. The molecule has 2 heterocycles. The van der Waals surface area contributed by atoms with Crippen LogP contribution in [0.3, 0.4) is 0 Å². The number of aryl methyl sites for hydroxylation is 1. The van der Waals surface area contributed by atoms with Gasteiger partial charge in [-0.3, -0.25) is 9.59 Å². The van der Waals surface area contributed by atoms with Crippen molar-refractivity contribution in [2.24, 2.45) is 0 Å². The molecular formula is C13H14N2O4. The molecule has 0 unspecified atom stereocenters. The zero-order valence-corrected chi connectivity index (χ0v) is 10.4. The molecule has 2 N–H and O–H groups in total. The van der Waals surface area contributed by atoms with Gasteiger partial charge >= 0.3 is 0 Å². The van der Waals surface area contributed by atoms with Gasteiger partial charge in [0.1, 0.15) is 12.0 Å². The maximum atomic E-state index is 10.9. The van der Waals surface area contributed by atoms with Crippen molar-refractivity contribution in [1.82, 2.24) is 5.48 Å². The van der Waals surface area contributed by atoms with E-state index in [1.165, 1.54) is 6.26 Å². The van der Waals surface area contributed by atoms with E-state index in [0.717, 1.165) is 17.0 Å². The van der Waals surface area contributed by atoms with Crippen LogP contribution in [0.1, 0.15) is 12.0 Å². The van der Waals surface area contributed by atoms with Gasteiger partial charge in [0.05, 0.1) is 12.1 Å². The summed E-state index contributed by atoms with van der Waals surface area (Å²) in [7, 11) is 0. The van der Waals surface area contributed by atoms with E-state index in [0.29, 0.717) is 6.42 Å². The lowest BCUT2D eigenvalue weighted by Crippen LogP contribution is -2.25. The molecule has 19 heavy (non-hydrogen) atoms. The van der Waals surface area contributed by atoms with E-state index in [4.69, 9.17) is 4.74 Å². The van der Waals surface area contributed by atoms with E-state index in [1.807, 2.05) is 25.1 Å². The van der Waals surface area contributed by atoms with Crippen LogP contribution in [0, 0.1) is 6.92 Å². The number of anilines is 1. The Morgan fingerprint density at radius 2 is 2.05 bits per heavy atom. The summed E-state index contributed by atoms with van der Waals surface area (Å²) in [5.74, 6) is 0.566. The van der Waals surface area contributed by atoms with Crippen LogP contribution < -0.4 is 15.5 Å².